The van der Waals surface area contributed by atoms with Crippen molar-refractivity contribution >= 4 is 17.3 Å². The molecule has 0 saturated carbocycles. The molecule has 0 aliphatic heterocycles. The maximum Gasteiger partial charge on any atom is 0.159 e. The first kappa shape index (κ1) is 12.8. The summed E-state index contributed by atoms with van der Waals surface area (Å²) in [5.74, 6) is 0.896. The highest BCUT2D eigenvalue weighted by Gasteiger charge is 2.03. The van der Waals surface area contributed by atoms with Crippen molar-refractivity contribution in [2.45, 2.75) is 6.10 Å². The molecule has 4 nitrogen and oxygen atoms in total. The van der Waals surface area contributed by atoms with E-state index in [1.165, 1.54) is 0 Å². The van der Waals surface area contributed by atoms with Crippen LogP contribution >= 0.6 is 11.6 Å². The number of nitrogens with one attached hydrogen (secondary N) is 1. The lowest BCUT2D eigenvalue weighted by atomic mass is 10.2. The van der Waals surface area contributed by atoms with E-state index in [-0.39, 0.29) is 5.88 Å². The molecule has 0 radical (unpaired) electrons. The minimum Gasteiger partial charge on any atom is -0.390 e. The first-order chi connectivity index (χ1) is 8.79. The summed E-state index contributed by atoms with van der Waals surface area (Å²) in [4.78, 5) is 8.38. The van der Waals surface area contributed by atoms with E-state index >= 15 is 0 Å². The predicted molar refractivity (Wildman–Crippen MR) is 72.7 cm³/mol. The highest BCUT2D eigenvalue weighted by Crippen LogP contribution is 2.18. The summed E-state index contributed by atoms with van der Waals surface area (Å²) in [6, 6.07) is 9.51. The van der Waals surface area contributed by atoms with Gasteiger partial charge in [-0.3, -0.25) is 0 Å². The van der Waals surface area contributed by atoms with Crippen LogP contribution < -0.4 is 5.32 Å². The minimum atomic E-state index is -0.553. The number of anilines is 1. The Morgan fingerprint density at radius 3 is 2.72 bits per heavy atom. The molecular formula is C13H14ClN3O. The van der Waals surface area contributed by atoms with Gasteiger partial charge in [0.2, 0.25) is 0 Å². The third-order valence-corrected chi connectivity index (χ3v) is 2.76. The largest absolute Gasteiger partial charge is 0.390 e. The molecule has 2 N–H and O–H groups in total. The van der Waals surface area contributed by atoms with Crippen molar-refractivity contribution < 1.29 is 5.11 Å². The number of halogens is 1. The lowest BCUT2D eigenvalue weighted by molar-refractivity contribution is 0.211. The number of nitrogens with zero attached hydrogens (tertiary/aromatic N) is 2. The van der Waals surface area contributed by atoms with Gasteiger partial charge in [0.05, 0.1) is 12.0 Å². The number of hydrogen-bond acceptors (Lipinski definition) is 4. The van der Waals surface area contributed by atoms with Gasteiger partial charge in [0.25, 0.3) is 0 Å². The second-order valence-electron chi connectivity index (χ2n) is 3.84. The van der Waals surface area contributed by atoms with Gasteiger partial charge >= 0.3 is 0 Å². The van der Waals surface area contributed by atoms with Crippen LogP contribution in [-0.4, -0.2) is 33.6 Å². The Bertz CT molecular complexity index is 493. The van der Waals surface area contributed by atoms with Crippen molar-refractivity contribution in [1.82, 2.24) is 9.97 Å². The van der Waals surface area contributed by atoms with Crippen molar-refractivity contribution in [1.29, 1.82) is 0 Å². The Morgan fingerprint density at radius 1 is 1.22 bits per heavy atom. The van der Waals surface area contributed by atoms with Crippen LogP contribution in [0.3, 0.4) is 0 Å². The fraction of sp³-hybridized carbons (Fsp3) is 0.231. The molecule has 1 aromatic carbocycles. The van der Waals surface area contributed by atoms with Gasteiger partial charge in [-0.05, 0) is 18.2 Å². The molecule has 1 unspecified atom stereocenters. The molecule has 0 spiro atoms. The van der Waals surface area contributed by atoms with E-state index in [0.717, 1.165) is 11.3 Å². The molecule has 2 aromatic rings. The Labute approximate surface area is 111 Å². The number of aliphatic hydroxyl groups excluding tert-OH is 1. The van der Waals surface area contributed by atoms with Crippen LogP contribution in [0.1, 0.15) is 0 Å². The van der Waals surface area contributed by atoms with Crippen LogP contribution in [0.4, 0.5) is 5.69 Å². The summed E-state index contributed by atoms with van der Waals surface area (Å²) in [5.41, 5.74) is 1.84. The summed E-state index contributed by atoms with van der Waals surface area (Å²) < 4.78 is 0. The Morgan fingerprint density at radius 2 is 2.00 bits per heavy atom. The van der Waals surface area contributed by atoms with Gasteiger partial charge in [0, 0.05) is 30.2 Å². The average Bonchev–Trinajstić information content (AvgIpc) is 2.46. The third-order valence-electron chi connectivity index (χ3n) is 2.41. The zero-order chi connectivity index (χ0) is 12.8. The minimum absolute atomic E-state index is 0.217. The van der Waals surface area contributed by atoms with E-state index < -0.39 is 6.10 Å². The molecule has 1 heterocycles. The van der Waals surface area contributed by atoms with Crippen molar-refractivity contribution in [2.24, 2.45) is 0 Å². The van der Waals surface area contributed by atoms with Gasteiger partial charge < -0.3 is 10.4 Å². The molecule has 0 aliphatic carbocycles. The molecule has 0 saturated heterocycles. The van der Waals surface area contributed by atoms with E-state index in [0.29, 0.717) is 12.4 Å². The second kappa shape index (κ2) is 6.33. The van der Waals surface area contributed by atoms with E-state index in [1.54, 1.807) is 18.5 Å². The van der Waals surface area contributed by atoms with Crippen molar-refractivity contribution in [3.63, 3.8) is 0 Å². The van der Waals surface area contributed by atoms with Gasteiger partial charge in [-0.1, -0.05) is 12.1 Å². The van der Waals surface area contributed by atoms with Gasteiger partial charge in [-0.2, -0.15) is 0 Å². The molecule has 0 fully saturated rings. The average molecular weight is 264 g/mol. The van der Waals surface area contributed by atoms with Gasteiger partial charge in [-0.15, -0.1) is 11.6 Å². The molecule has 2 rings (SSSR count). The monoisotopic (exact) mass is 263 g/mol. The standard InChI is InChI=1S/C13H14ClN3O/c14-8-12(18)9-17-11-4-1-3-10(7-11)13-15-5-2-6-16-13/h1-7,12,17-18H,8-9H2. The molecule has 18 heavy (non-hydrogen) atoms. The topological polar surface area (TPSA) is 58.0 Å². The van der Waals surface area contributed by atoms with Crippen molar-refractivity contribution in [3.05, 3.63) is 42.7 Å². The highest BCUT2D eigenvalue weighted by atomic mass is 35.5. The zero-order valence-electron chi connectivity index (χ0n) is 9.75. The number of aromatic nitrogens is 2. The second-order valence-corrected chi connectivity index (χ2v) is 4.15. The van der Waals surface area contributed by atoms with E-state index in [2.05, 4.69) is 15.3 Å². The van der Waals surface area contributed by atoms with Crippen LogP contribution in [0, 0.1) is 0 Å². The number of benzene rings is 1. The van der Waals surface area contributed by atoms with Gasteiger partial charge in [0.1, 0.15) is 0 Å². The third kappa shape index (κ3) is 3.42. The fourth-order valence-electron chi connectivity index (χ4n) is 1.51. The quantitative estimate of drug-likeness (QED) is 0.812. The lowest BCUT2D eigenvalue weighted by Crippen LogP contribution is -2.20. The Kier molecular flexibility index (Phi) is 4.50. The normalized spacial score (nSPS) is 12.1. The van der Waals surface area contributed by atoms with E-state index in [1.807, 2.05) is 24.3 Å². The number of rotatable bonds is 5. The molecule has 0 aliphatic rings. The van der Waals surface area contributed by atoms with E-state index in [4.69, 9.17) is 11.6 Å². The first-order valence-electron chi connectivity index (χ1n) is 5.65. The van der Waals surface area contributed by atoms with Gasteiger partial charge in [-0.25, -0.2) is 9.97 Å². The Hall–Kier alpha value is -1.65. The van der Waals surface area contributed by atoms with Crippen molar-refractivity contribution in [3.8, 4) is 11.4 Å². The number of hydrogen-bond donors (Lipinski definition) is 2. The van der Waals surface area contributed by atoms with Crippen molar-refractivity contribution in [2.75, 3.05) is 17.7 Å². The predicted octanol–water partition coefficient (Wildman–Crippen LogP) is 2.16. The molecule has 0 bridgehead atoms. The smallest absolute Gasteiger partial charge is 0.159 e. The lowest BCUT2D eigenvalue weighted by Gasteiger charge is -2.10. The summed E-state index contributed by atoms with van der Waals surface area (Å²) >= 11 is 5.54. The molecular weight excluding hydrogens is 250 g/mol. The van der Waals surface area contributed by atoms with Crippen LogP contribution in [0.2, 0.25) is 0 Å². The Balaban J connectivity index is 2.11. The highest BCUT2D eigenvalue weighted by molar-refractivity contribution is 6.18. The van der Waals surface area contributed by atoms with Crippen LogP contribution in [-0.2, 0) is 0 Å². The van der Waals surface area contributed by atoms with Crippen LogP contribution in [0.5, 0.6) is 0 Å². The number of alkyl halides is 1. The van der Waals surface area contributed by atoms with Crippen LogP contribution in [0.25, 0.3) is 11.4 Å². The molecule has 5 heteroatoms. The van der Waals surface area contributed by atoms with Crippen LogP contribution in [0.15, 0.2) is 42.7 Å². The maximum atomic E-state index is 9.39. The SMILES string of the molecule is OC(CCl)CNc1cccc(-c2ncccn2)c1. The maximum absolute atomic E-state index is 9.39. The summed E-state index contributed by atoms with van der Waals surface area (Å²) in [6.07, 6.45) is 2.86. The van der Waals surface area contributed by atoms with Gasteiger partial charge in [0.15, 0.2) is 5.82 Å². The molecule has 1 aromatic heterocycles. The summed E-state index contributed by atoms with van der Waals surface area (Å²) in [6.45, 7) is 0.419. The fourth-order valence-corrected chi connectivity index (χ4v) is 1.62. The first-order valence-corrected chi connectivity index (χ1v) is 6.18. The number of aliphatic hydroxyl groups is 1. The molecule has 1 atom stereocenters. The molecule has 94 valence electrons. The summed E-state index contributed by atoms with van der Waals surface area (Å²) in [5, 5.41) is 12.5. The zero-order valence-corrected chi connectivity index (χ0v) is 10.5. The molecule has 0 amide bonds. The van der Waals surface area contributed by atoms with E-state index in [9.17, 15) is 5.11 Å². The summed E-state index contributed by atoms with van der Waals surface area (Å²) in [7, 11) is 0.